The number of hydrogen-bond acceptors (Lipinski definition) is 1. The molecule has 0 fully saturated rings. The van der Waals surface area contributed by atoms with Gasteiger partial charge in [-0.05, 0) is 54.8 Å². The lowest BCUT2D eigenvalue weighted by Crippen LogP contribution is -2.03. The van der Waals surface area contributed by atoms with Crippen LogP contribution in [0.2, 0.25) is 5.02 Å². The van der Waals surface area contributed by atoms with E-state index in [2.05, 4.69) is 63.2 Å². The van der Waals surface area contributed by atoms with Crippen LogP contribution in [0.1, 0.15) is 16.7 Å². The van der Waals surface area contributed by atoms with Crippen molar-refractivity contribution in [1.29, 1.82) is 0 Å². The Morgan fingerprint density at radius 2 is 1.68 bits per heavy atom. The van der Waals surface area contributed by atoms with E-state index in [-0.39, 0.29) is 0 Å². The molecule has 1 nitrogen and oxygen atoms in total. The summed E-state index contributed by atoms with van der Waals surface area (Å²) in [6, 6.07) is 10.1. The lowest BCUT2D eigenvalue weighted by atomic mass is 10.1. The van der Waals surface area contributed by atoms with Crippen LogP contribution in [-0.4, -0.2) is 0 Å². The highest BCUT2D eigenvalue weighted by atomic mass is 79.9. The predicted molar refractivity (Wildman–Crippen MR) is 90.1 cm³/mol. The molecule has 0 spiro atoms. The Balaban J connectivity index is 2.19. The van der Waals surface area contributed by atoms with Gasteiger partial charge in [0.15, 0.2) is 0 Å². The van der Waals surface area contributed by atoms with Crippen molar-refractivity contribution in [3.8, 4) is 0 Å². The van der Waals surface area contributed by atoms with Crippen molar-refractivity contribution >= 4 is 49.1 Å². The molecular formula is C15H14Br2ClN. The van der Waals surface area contributed by atoms with Crippen molar-refractivity contribution < 1.29 is 0 Å². The van der Waals surface area contributed by atoms with Crippen molar-refractivity contribution in [2.45, 2.75) is 20.4 Å². The van der Waals surface area contributed by atoms with E-state index in [1.807, 2.05) is 18.2 Å². The average Bonchev–Trinajstić information content (AvgIpc) is 2.30. The van der Waals surface area contributed by atoms with Crippen LogP contribution in [0.5, 0.6) is 0 Å². The van der Waals surface area contributed by atoms with Gasteiger partial charge in [0, 0.05) is 26.2 Å². The van der Waals surface area contributed by atoms with E-state index in [4.69, 9.17) is 11.6 Å². The van der Waals surface area contributed by atoms with Crippen LogP contribution < -0.4 is 5.32 Å². The normalized spacial score (nSPS) is 10.6. The molecule has 0 amide bonds. The molecule has 0 aromatic heterocycles. The summed E-state index contributed by atoms with van der Waals surface area (Å²) in [6.07, 6.45) is 0. The van der Waals surface area contributed by atoms with E-state index >= 15 is 0 Å². The molecule has 19 heavy (non-hydrogen) atoms. The van der Waals surface area contributed by atoms with Crippen molar-refractivity contribution in [3.63, 3.8) is 0 Å². The van der Waals surface area contributed by atoms with Gasteiger partial charge < -0.3 is 5.32 Å². The van der Waals surface area contributed by atoms with Crippen LogP contribution in [0.25, 0.3) is 0 Å². The molecule has 0 unspecified atom stereocenters. The van der Waals surface area contributed by atoms with Gasteiger partial charge >= 0.3 is 0 Å². The lowest BCUT2D eigenvalue weighted by Gasteiger charge is -2.14. The van der Waals surface area contributed by atoms with E-state index in [1.54, 1.807) is 0 Å². The van der Waals surface area contributed by atoms with E-state index in [0.29, 0.717) is 0 Å². The fraction of sp³-hybridized carbons (Fsp3) is 0.200. The molecule has 0 atom stereocenters. The molecule has 0 bridgehead atoms. The fourth-order valence-electron chi connectivity index (χ4n) is 2.04. The number of rotatable bonds is 3. The minimum Gasteiger partial charge on any atom is -0.380 e. The standard InChI is InChI=1S/C15H14Br2ClN/c1-9-5-12(16)6-10(2)15(9)19-8-11-3-4-13(18)7-14(11)17/h3-7,19H,8H2,1-2H3. The summed E-state index contributed by atoms with van der Waals surface area (Å²) in [7, 11) is 0. The first kappa shape index (κ1) is 14.9. The van der Waals surface area contributed by atoms with Crippen LogP contribution in [0.15, 0.2) is 39.3 Å². The van der Waals surface area contributed by atoms with Crippen molar-refractivity contribution in [1.82, 2.24) is 0 Å². The maximum Gasteiger partial charge on any atom is 0.0417 e. The Kier molecular flexibility index (Phi) is 4.93. The minimum atomic E-state index is 0.742. The molecular weight excluding hydrogens is 389 g/mol. The zero-order valence-electron chi connectivity index (χ0n) is 10.7. The van der Waals surface area contributed by atoms with Crippen molar-refractivity contribution in [2.75, 3.05) is 5.32 Å². The molecule has 2 rings (SSSR count). The quantitative estimate of drug-likeness (QED) is 0.653. The molecule has 0 aliphatic carbocycles. The van der Waals surface area contributed by atoms with E-state index in [1.165, 1.54) is 22.4 Å². The summed E-state index contributed by atoms with van der Waals surface area (Å²) in [6.45, 7) is 4.98. The number of hydrogen-bond donors (Lipinski definition) is 1. The Morgan fingerprint density at radius 1 is 1.05 bits per heavy atom. The Hall–Kier alpha value is -0.510. The summed E-state index contributed by atoms with van der Waals surface area (Å²) < 4.78 is 2.14. The summed E-state index contributed by atoms with van der Waals surface area (Å²) >= 11 is 13.0. The molecule has 1 N–H and O–H groups in total. The second-order valence-corrected chi connectivity index (χ2v) is 6.71. The Bertz CT molecular complexity index is 588. The summed E-state index contributed by atoms with van der Waals surface area (Å²) in [5, 5.41) is 4.23. The highest BCUT2D eigenvalue weighted by Gasteiger charge is 2.06. The van der Waals surface area contributed by atoms with Crippen LogP contribution in [0.3, 0.4) is 0 Å². The first-order valence-corrected chi connectivity index (χ1v) is 7.88. The fourth-order valence-corrected chi connectivity index (χ4v) is 3.55. The Morgan fingerprint density at radius 3 is 2.26 bits per heavy atom. The third-order valence-electron chi connectivity index (χ3n) is 2.97. The highest BCUT2D eigenvalue weighted by Crippen LogP contribution is 2.27. The first-order valence-electron chi connectivity index (χ1n) is 5.92. The second kappa shape index (κ2) is 6.29. The third-order valence-corrected chi connectivity index (χ3v) is 4.40. The van der Waals surface area contributed by atoms with Gasteiger partial charge in [0.05, 0.1) is 0 Å². The topological polar surface area (TPSA) is 12.0 Å². The first-order chi connectivity index (χ1) is 8.97. The van der Waals surface area contributed by atoms with Gasteiger partial charge in [-0.1, -0.05) is 49.5 Å². The van der Waals surface area contributed by atoms with Gasteiger partial charge in [0.25, 0.3) is 0 Å². The van der Waals surface area contributed by atoms with Crippen LogP contribution in [0, 0.1) is 13.8 Å². The molecule has 0 radical (unpaired) electrons. The molecule has 0 saturated carbocycles. The number of anilines is 1. The maximum absolute atomic E-state index is 5.95. The van der Waals surface area contributed by atoms with E-state index in [9.17, 15) is 0 Å². The maximum atomic E-state index is 5.95. The van der Waals surface area contributed by atoms with Gasteiger partial charge in [0.2, 0.25) is 0 Å². The summed E-state index contributed by atoms with van der Waals surface area (Å²) in [4.78, 5) is 0. The number of nitrogens with one attached hydrogen (secondary N) is 1. The average molecular weight is 404 g/mol. The smallest absolute Gasteiger partial charge is 0.0417 e. The monoisotopic (exact) mass is 401 g/mol. The van der Waals surface area contributed by atoms with Crippen LogP contribution in [-0.2, 0) is 6.54 Å². The van der Waals surface area contributed by atoms with Gasteiger partial charge in [-0.3, -0.25) is 0 Å². The molecule has 0 heterocycles. The van der Waals surface area contributed by atoms with E-state index < -0.39 is 0 Å². The second-order valence-electron chi connectivity index (χ2n) is 4.50. The molecule has 2 aromatic carbocycles. The largest absolute Gasteiger partial charge is 0.380 e. The third kappa shape index (κ3) is 3.74. The molecule has 100 valence electrons. The molecule has 2 aromatic rings. The SMILES string of the molecule is Cc1cc(Br)cc(C)c1NCc1ccc(Cl)cc1Br. The summed E-state index contributed by atoms with van der Waals surface area (Å²) in [5.74, 6) is 0. The number of halogens is 3. The molecule has 0 aliphatic heterocycles. The van der Waals surface area contributed by atoms with Gasteiger partial charge in [-0.25, -0.2) is 0 Å². The number of aryl methyl sites for hydroxylation is 2. The highest BCUT2D eigenvalue weighted by molar-refractivity contribution is 9.10. The lowest BCUT2D eigenvalue weighted by molar-refractivity contribution is 1.12. The van der Waals surface area contributed by atoms with Gasteiger partial charge in [0.1, 0.15) is 0 Å². The Labute approximate surface area is 135 Å². The summed E-state index contributed by atoms with van der Waals surface area (Å²) in [5.41, 5.74) is 4.84. The zero-order valence-corrected chi connectivity index (χ0v) is 14.7. The van der Waals surface area contributed by atoms with Crippen LogP contribution in [0.4, 0.5) is 5.69 Å². The zero-order chi connectivity index (χ0) is 14.0. The van der Waals surface area contributed by atoms with Crippen molar-refractivity contribution in [3.05, 3.63) is 61.0 Å². The predicted octanol–water partition coefficient (Wildman–Crippen LogP) is 6.09. The molecule has 4 heteroatoms. The van der Waals surface area contributed by atoms with E-state index in [0.717, 1.165) is 20.5 Å². The molecule has 0 saturated heterocycles. The number of benzene rings is 2. The van der Waals surface area contributed by atoms with Crippen molar-refractivity contribution in [2.24, 2.45) is 0 Å². The van der Waals surface area contributed by atoms with Gasteiger partial charge in [-0.2, -0.15) is 0 Å². The molecule has 0 aliphatic rings. The van der Waals surface area contributed by atoms with Crippen LogP contribution >= 0.6 is 43.5 Å². The van der Waals surface area contributed by atoms with Gasteiger partial charge in [-0.15, -0.1) is 0 Å². The minimum absolute atomic E-state index is 0.742.